The first kappa shape index (κ1) is 22.6. The molecule has 0 aliphatic carbocycles. The highest BCUT2D eigenvalue weighted by atomic mass is 16.6. The van der Waals surface area contributed by atoms with Crippen molar-refractivity contribution in [1.82, 2.24) is 9.47 Å². The summed E-state index contributed by atoms with van der Waals surface area (Å²) in [5, 5.41) is 4.25. The van der Waals surface area contributed by atoms with Crippen LogP contribution in [0.5, 0.6) is 0 Å². The lowest BCUT2D eigenvalue weighted by atomic mass is 10.0. The lowest BCUT2D eigenvalue weighted by Crippen LogP contribution is -2.41. The van der Waals surface area contributed by atoms with Gasteiger partial charge in [-0.15, -0.1) is 0 Å². The summed E-state index contributed by atoms with van der Waals surface area (Å²) in [5.74, 6) is -0.195. The zero-order chi connectivity index (χ0) is 23.5. The minimum Gasteiger partial charge on any atom is -0.450 e. The first-order chi connectivity index (χ1) is 15.9. The number of ether oxygens (including phenoxy) is 1. The molecule has 33 heavy (non-hydrogen) atoms. The predicted molar refractivity (Wildman–Crippen MR) is 129 cm³/mol. The fraction of sp³-hybridized carbons (Fsp3) is 0.346. The van der Waals surface area contributed by atoms with E-state index in [1.165, 1.54) is 0 Å². The van der Waals surface area contributed by atoms with Crippen LogP contribution >= 0.6 is 0 Å². The number of aryl methyl sites for hydroxylation is 1. The van der Waals surface area contributed by atoms with Gasteiger partial charge in [-0.1, -0.05) is 18.2 Å². The van der Waals surface area contributed by atoms with Crippen molar-refractivity contribution in [2.24, 2.45) is 0 Å². The van der Waals surface area contributed by atoms with Crippen molar-refractivity contribution in [3.05, 3.63) is 75.7 Å². The van der Waals surface area contributed by atoms with Crippen LogP contribution in [0.3, 0.4) is 0 Å². The van der Waals surface area contributed by atoms with E-state index in [1.807, 2.05) is 38.1 Å². The molecule has 0 atom stereocenters. The number of carbonyl (C=O) groups is 2. The quantitative estimate of drug-likeness (QED) is 0.631. The standard InChI is InChI=1S/C26H29N3O4/c1-4-33-26(32)28-14-11-19(12-15-28)29-16-13-21-22(25(29)31)9-6-10-23(21)27-24(30)20-8-5-7-17(2)18(20)3/h5-10,13,16,19H,4,11-12,14-15H2,1-3H3,(H,27,30). The first-order valence-electron chi connectivity index (χ1n) is 11.3. The number of rotatable bonds is 4. The van der Waals surface area contributed by atoms with Crippen molar-refractivity contribution in [2.45, 2.75) is 39.7 Å². The van der Waals surface area contributed by atoms with Crippen molar-refractivity contribution < 1.29 is 14.3 Å². The zero-order valence-corrected chi connectivity index (χ0v) is 19.3. The molecule has 0 saturated carbocycles. The highest BCUT2D eigenvalue weighted by molar-refractivity contribution is 6.09. The summed E-state index contributed by atoms with van der Waals surface area (Å²) in [6.07, 6.45) is 2.87. The van der Waals surface area contributed by atoms with Gasteiger partial charge < -0.3 is 19.5 Å². The number of likely N-dealkylation sites (tertiary alicyclic amines) is 1. The molecule has 3 aromatic rings. The molecule has 7 nitrogen and oxygen atoms in total. The Hall–Kier alpha value is -3.61. The summed E-state index contributed by atoms with van der Waals surface area (Å²) < 4.78 is 6.83. The first-order valence-corrected chi connectivity index (χ1v) is 11.3. The molecule has 1 saturated heterocycles. The zero-order valence-electron chi connectivity index (χ0n) is 19.3. The second kappa shape index (κ2) is 9.48. The van der Waals surface area contributed by atoms with E-state index in [0.717, 1.165) is 11.1 Å². The number of benzene rings is 2. The molecule has 7 heteroatoms. The maximum atomic E-state index is 13.3. The Morgan fingerprint density at radius 2 is 1.76 bits per heavy atom. The van der Waals surface area contributed by atoms with Gasteiger partial charge in [0.15, 0.2) is 0 Å². The molecule has 0 bridgehead atoms. The second-order valence-corrected chi connectivity index (χ2v) is 8.41. The van der Waals surface area contributed by atoms with E-state index in [2.05, 4.69) is 5.32 Å². The molecule has 0 radical (unpaired) electrons. The molecule has 2 heterocycles. The monoisotopic (exact) mass is 447 g/mol. The van der Waals surface area contributed by atoms with Gasteiger partial charge in [-0.25, -0.2) is 4.79 Å². The predicted octanol–water partition coefficient (Wildman–Crippen LogP) is 4.66. The molecule has 1 aromatic heterocycles. The van der Waals surface area contributed by atoms with Crippen LogP contribution in [0.2, 0.25) is 0 Å². The number of amides is 2. The number of pyridine rings is 1. The lowest BCUT2D eigenvalue weighted by Gasteiger charge is -2.32. The molecule has 1 aliphatic rings. The summed E-state index contributed by atoms with van der Waals surface area (Å²) in [6.45, 7) is 7.16. The second-order valence-electron chi connectivity index (χ2n) is 8.41. The molecule has 2 amide bonds. The van der Waals surface area contributed by atoms with Crippen LogP contribution in [0.15, 0.2) is 53.5 Å². The smallest absolute Gasteiger partial charge is 0.409 e. The maximum absolute atomic E-state index is 13.3. The van der Waals surface area contributed by atoms with Gasteiger partial charge in [0.1, 0.15) is 0 Å². The van der Waals surface area contributed by atoms with Gasteiger partial charge in [-0.05, 0) is 69.0 Å². The number of piperidine rings is 1. The molecule has 1 N–H and O–H groups in total. The van der Waals surface area contributed by atoms with Crippen LogP contribution in [-0.2, 0) is 4.74 Å². The van der Waals surface area contributed by atoms with E-state index < -0.39 is 0 Å². The SMILES string of the molecule is CCOC(=O)N1CCC(n2ccc3c(NC(=O)c4cccc(C)c4C)cccc3c2=O)CC1. The fourth-order valence-corrected chi connectivity index (χ4v) is 4.42. The van der Waals surface area contributed by atoms with Crippen molar-refractivity contribution in [2.75, 3.05) is 25.0 Å². The molecule has 0 spiro atoms. The van der Waals surface area contributed by atoms with Gasteiger partial charge in [0.25, 0.3) is 11.5 Å². The normalized spacial score (nSPS) is 14.3. The van der Waals surface area contributed by atoms with Gasteiger partial charge in [-0.3, -0.25) is 9.59 Å². The number of carbonyl (C=O) groups excluding carboxylic acids is 2. The van der Waals surface area contributed by atoms with Crippen LogP contribution in [0, 0.1) is 13.8 Å². The van der Waals surface area contributed by atoms with Gasteiger partial charge in [-0.2, -0.15) is 0 Å². The number of hydrogen-bond acceptors (Lipinski definition) is 4. The third kappa shape index (κ3) is 4.49. The summed E-state index contributed by atoms with van der Waals surface area (Å²) in [7, 11) is 0. The number of fused-ring (bicyclic) bond motifs is 1. The van der Waals surface area contributed by atoms with E-state index in [4.69, 9.17) is 4.74 Å². The lowest BCUT2D eigenvalue weighted by molar-refractivity contribution is 0.0923. The van der Waals surface area contributed by atoms with Gasteiger partial charge in [0, 0.05) is 47.4 Å². The Labute approximate surface area is 193 Å². The largest absolute Gasteiger partial charge is 0.450 e. The summed E-state index contributed by atoms with van der Waals surface area (Å²) in [5.41, 5.74) is 3.13. The Kier molecular flexibility index (Phi) is 6.49. The van der Waals surface area contributed by atoms with E-state index in [0.29, 0.717) is 54.6 Å². The van der Waals surface area contributed by atoms with Crippen LogP contribution in [0.1, 0.15) is 47.3 Å². The Bertz CT molecular complexity index is 1260. The molecule has 1 fully saturated rings. The molecule has 4 rings (SSSR count). The van der Waals surface area contributed by atoms with E-state index >= 15 is 0 Å². The van der Waals surface area contributed by atoms with E-state index in [1.54, 1.807) is 40.8 Å². The van der Waals surface area contributed by atoms with E-state index in [9.17, 15) is 14.4 Å². The number of nitrogens with one attached hydrogen (secondary N) is 1. The molecular formula is C26H29N3O4. The Morgan fingerprint density at radius 1 is 1.03 bits per heavy atom. The van der Waals surface area contributed by atoms with Crippen LogP contribution in [0.25, 0.3) is 10.8 Å². The van der Waals surface area contributed by atoms with Crippen LogP contribution in [-0.4, -0.2) is 41.2 Å². The van der Waals surface area contributed by atoms with Crippen molar-refractivity contribution in [1.29, 1.82) is 0 Å². The molecule has 172 valence electrons. The third-order valence-electron chi connectivity index (χ3n) is 6.45. The van der Waals surface area contributed by atoms with Gasteiger partial charge in [0.2, 0.25) is 0 Å². The van der Waals surface area contributed by atoms with Crippen molar-refractivity contribution >= 4 is 28.5 Å². The molecule has 0 unspecified atom stereocenters. The number of hydrogen-bond donors (Lipinski definition) is 1. The topological polar surface area (TPSA) is 80.6 Å². The number of nitrogens with zero attached hydrogens (tertiary/aromatic N) is 2. The van der Waals surface area contributed by atoms with Crippen LogP contribution < -0.4 is 10.9 Å². The molecule has 1 aliphatic heterocycles. The summed E-state index contributed by atoms with van der Waals surface area (Å²) in [4.78, 5) is 39.9. The van der Waals surface area contributed by atoms with Crippen molar-refractivity contribution in [3.8, 4) is 0 Å². The molecule has 2 aromatic carbocycles. The Balaban J connectivity index is 1.57. The van der Waals surface area contributed by atoms with Crippen LogP contribution in [0.4, 0.5) is 10.5 Å². The average Bonchev–Trinajstić information content (AvgIpc) is 2.82. The number of anilines is 1. The van der Waals surface area contributed by atoms with E-state index in [-0.39, 0.29) is 23.6 Å². The summed E-state index contributed by atoms with van der Waals surface area (Å²) >= 11 is 0. The van der Waals surface area contributed by atoms with Gasteiger partial charge >= 0.3 is 6.09 Å². The average molecular weight is 448 g/mol. The minimum absolute atomic E-state index is 0.0146. The third-order valence-corrected chi connectivity index (χ3v) is 6.45. The maximum Gasteiger partial charge on any atom is 0.409 e. The fourth-order valence-electron chi connectivity index (χ4n) is 4.42. The highest BCUT2D eigenvalue weighted by Gasteiger charge is 2.25. The highest BCUT2D eigenvalue weighted by Crippen LogP contribution is 2.26. The Morgan fingerprint density at radius 3 is 2.48 bits per heavy atom. The number of aromatic nitrogens is 1. The van der Waals surface area contributed by atoms with Gasteiger partial charge in [0.05, 0.1) is 6.61 Å². The molecular weight excluding hydrogens is 418 g/mol. The summed E-state index contributed by atoms with van der Waals surface area (Å²) in [6, 6.07) is 12.9. The minimum atomic E-state index is -0.300. The van der Waals surface area contributed by atoms with Crippen molar-refractivity contribution in [3.63, 3.8) is 0 Å².